The van der Waals surface area contributed by atoms with E-state index in [4.69, 9.17) is 49.6 Å². The summed E-state index contributed by atoms with van der Waals surface area (Å²) in [5, 5.41) is 3.01. The van der Waals surface area contributed by atoms with Crippen LogP contribution in [0.4, 0.5) is 0 Å². The van der Waals surface area contributed by atoms with Crippen molar-refractivity contribution in [3.8, 4) is 34.5 Å². The Morgan fingerprint density at radius 1 is 0.574 bits per heavy atom. The van der Waals surface area contributed by atoms with E-state index >= 15 is 0 Å². The van der Waals surface area contributed by atoms with E-state index in [-0.39, 0.29) is 13.1 Å². The minimum Gasteiger partial charge on any atom is -0.493 e. The van der Waals surface area contributed by atoms with Gasteiger partial charge in [-0.1, -0.05) is 36.4 Å². The second kappa shape index (κ2) is 16.5. The molecule has 284 valence electrons. The molecule has 0 bridgehead atoms. The van der Waals surface area contributed by atoms with Crippen LogP contribution in [0.3, 0.4) is 0 Å². The number of hydrogen-bond acceptors (Lipinski definition) is 14. The highest BCUT2D eigenvalue weighted by Crippen LogP contribution is 2.42. The predicted molar refractivity (Wildman–Crippen MR) is 197 cm³/mol. The number of nitrogens with two attached hydrogens (primary N) is 2. The lowest BCUT2D eigenvalue weighted by atomic mass is 9.97. The number of carbonyl (C=O) groups is 2. The van der Waals surface area contributed by atoms with Crippen molar-refractivity contribution in [1.82, 2.24) is 10.0 Å². The molecule has 0 saturated carbocycles. The Bertz CT molecular complexity index is 1840. The van der Waals surface area contributed by atoms with Crippen LogP contribution in [0.25, 0.3) is 0 Å². The highest BCUT2D eigenvalue weighted by Gasteiger charge is 2.46. The van der Waals surface area contributed by atoms with Crippen molar-refractivity contribution in [1.29, 1.82) is 0 Å². The molecule has 4 aromatic carbocycles. The molecular formula is C40H44N4O10. The van der Waals surface area contributed by atoms with E-state index < -0.39 is 23.5 Å². The van der Waals surface area contributed by atoms with Crippen LogP contribution in [-0.2, 0) is 43.5 Å². The van der Waals surface area contributed by atoms with E-state index in [9.17, 15) is 9.59 Å². The fraction of sp³-hybridized carbons (Fsp3) is 0.300. The summed E-state index contributed by atoms with van der Waals surface area (Å²) in [6.07, 6.45) is 2.91. The Labute approximate surface area is 313 Å². The summed E-state index contributed by atoms with van der Waals surface area (Å²) >= 11 is 0. The smallest absolute Gasteiger partial charge is 0.334 e. The number of para-hydroxylation sites is 2. The van der Waals surface area contributed by atoms with Gasteiger partial charge in [-0.3, -0.25) is 11.7 Å². The van der Waals surface area contributed by atoms with Crippen molar-refractivity contribution in [2.75, 3.05) is 54.6 Å². The first kappa shape index (κ1) is 37.9. The zero-order valence-corrected chi connectivity index (χ0v) is 30.6. The van der Waals surface area contributed by atoms with Gasteiger partial charge in [0.25, 0.3) is 11.6 Å². The van der Waals surface area contributed by atoms with Gasteiger partial charge in [-0.25, -0.2) is 19.6 Å². The number of rotatable bonds is 12. The molecule has 4 N–H and O–H groups in total. The number of methoxy groups -OCH3 is 4. The third kappa shape index (κ3) is 8.21. The lowest BCUT2D eigenvalue weighted by molar-refractivity contribution is -0.206. The summed E-state index contributed by atoms with van der Waals surface area (Å²) in [4.78, 5) is 27.7. The maximum absolute atomic E-state index is 13.8. The zero-order valence-electron chi connectivity index (χ0n) is 30.6. The van der Waals surface area contributed by atoms with Gasteiger partial charge in [0.1, 0.15) is 11.5 Å². The molecule has 0 aromatic heterocycles. The van der Waals surface area contributed by atoms with Crippen molar-refractivity contribution in [3.63, 3.8) is 0 Å². The molecule has 2 aliphatic heterocycles. The quantitative estimate of drug-likeness (QED) is 0.0927. The van der Waals surface area contributed by atoms with Crippen LogP contribution in [0, 0.1) is 0 Å². The summed E-state index contributed by atoms with van der Waals surface area (Å²) < 4.78 is 47.7. The summed E-state index contributed by atoms with van der Waals surface area (Å²) in [5.41, 5.74) is 2.52. The molecule has 2 atom stereocenters. The van der Waals surface area contributed by atoms with Crippen LogP contribution >= 0.6 is 0 Å². The van der Waals surface area contributed by atoms with Gasteiger partial charge in [0.05, 0.1) is 41.5 Å². The Balaban J connectivity index is 1.36. The molecule has 6 rings (SSSR count). The maximum atomic E-state index is 13.8. The zero-order chi connectivity index (χ0) is 38.3. The lowest BCUT2D eigenvalue weighted by Gasteiger charge is -2.36. The van der Waals surface area contributed by atoms with E-state index in [2.05, 4.69) is 0 Å². The fourth-order valence-electron chi connectivity index (χ4n) is 6.63. The van der Waals surface area contributed by atoms with Crippen LogP contribution in [0.1, 0.15) is 22.3 Å². The van der Waals surface area contributed by atoms with Gasteiger partial charge in [-0.05, 0) is 72.5 Å². The largest absolute Gasteiger partial charge is 0.493 e. The molecule has 0 spiro atoms. The molecule has 14 nitrogen and oxygen atoms in total. The molecule has 0 radical (unpaired) electrons. The van der Waals surface area contributed by atoms with Gasteiger partial charge in [0.15, 0.2) is 23.0 Å². The van der Waals surface area contributed by atoms with Gasteiger partial charge in [-0.2, -0.15) is 0 Å². The van der Waals surface area contributed by atoms with E-state index in [1.807, 2.05) is 12.1 Å². The second-order valence-electron chi connectivity index (χ2n) is 12.7. The van der Waals surface area contributed by atoms with Crippen LogP contribution in [0.5, 0.6) is 34.5 Å². The van der Waals surface area contributed by atoms with Crippen LogP contribution < -0.4 is 40.1 Å². The first-order chi connectivity index (χ1) is 26.1. The molecule has 0 aliphatic carbocycles. The normalized spacial score (nSPS) is 20.0. The van der Waals surface area contributed by atoms with Crippen molar-refractivity contribution >= 4 is 11.9 Å². The highest BCUT2D eigenvalue weighted by molar-refractivity contribution is 5.92. The number of hydrazine groups is 2. The SMILES string of the molecule is COc1cc2c(cc1OC)C(OC(=O)/C=C\C(=O)OC1(Oc3ccccc3)CN(N)CCc3cc(OC)c(OC)cc31)(Oc1ccccc1)CN(N)CC2. The summed E-state index contributed by atoms with van der Waals surface area (Å²) in [6.45, 7) is 0.720. The van der Waals surface area contributed by atoms with E-state index in [1.54, 1.807) is 72.8 Å². The van der Waals surface area contributed by atoms with Crippen molar-refractivity contribution < 1.29 is 47.5 Å². The van der Waals surface area contributed by atoms with Crippen molar-refractivity contribution in [2.24, 2.45) is 11.7 Å². The van der Waals surface area contributed by atoms with E-state index in [0.717, 1.165) is 23.3 Å². The third-order valence-corrected chi connectivity index (χ3v) is 9.14. The summed E-state index contributed by atoms with van der Waals surface area (Å²) in [6, 6.07) is 24.8. The predicted octanol–water partition coefficient (Wildman–Crippen LogP) is 3.99. The molecule has 4 aromatic rings. The lowest BCUT2D eigenvalue weighted by Crippen LogP contribution is -2.50. The Morgan fingerprint density at radius 2 is 0.926 bits per heavy atom. The molecule has 54 heavy (non-hydrogen) atoms. The van der Waals surface area contributed by atoms with Gasteiger partial charge >= 0.3 is 11.9 Å². The number of nitrogens with zero attached hydrogens (tertiary/aromatic N) is 2. The van der Waals surface area contributed by atoms with Crippen molar-refractivity contribution in [2.45, 2.75) is 24.4 Å². The van der Waals surface area contributed by atoms with Gasteiger partial charge < -0.3 is 37.9 Å². The van der Waals surface area contributed by atoms with Crippen LogP contribution in [0.15, 0.2) is 97.1 Å². The van der Waals surface area contributed by atoms with Gasteiger partial charge in [-0.15, -0.1) is 0 Å². The monoisotopic (exact) mass is 740 g/mol. The number of hydrogen-bond donors (Lipinski definition) is 2. The maximum Gasteiger partial charge on any atom is 0.334 e. The topological polar surface area (TPSA) is 166 Å². The molecule has 14 heteroatoms. The van der Waals surface area contributed by atoms with E-state index in [1.165, 1.54) is 38.5 Å². The number of ether oxygens (including phenoxy) is 8. The minimum atomic E-state index is -1.78. The highest BCUT2D eigenvalue weighted by atomic mass is 16.7. The molecule has 0 amide bonds. The van der Waals surface area contributed by atoms with E-state index in [0.29, 0.717) is 71.6 Å². The second-order valence-corrected chi connectivity index (χ2v) is 12.7. The minimum absolute atomic E-state index is 0.0587. The number of benzene rings is 4. The average Bonchev–Trinajstić information content (AvgIpc) is 3.39. The molecule has 0 saturated heterocycles. The van der Waals surface area contributed by atoms with Crippen molar-refractivity contribution in [3.05, 3.63) is 119 Å². The number of fused-ring (bicyclic) bond motifs is 2. The van der Waals surface area contributed by atoms with Gasteiger partial charge in [0, 0.05) is 36.4 Å². The fourth-order valence-corrected chi connectivity index (χ4v) is 6.63. The Hall–Kier alpha value is -5.80. The summed E-state index contributed by atoms with van der Waals surface area (Å²) in [5.74, 6) is 10.1. The molecule has 2 unspecified atom stereocenters. The molecule has 0 fully saturated rings. The Morgan fingerprint density at radius 3 is 1.28 bits per heavy atom. The van der Waals surface area contributed by atoms with Crippen LogP contribution in [0.2, 0.25) is 0 Å². The summed E-state index contributed by atoms with van der Waals surface area (Å²) in [7, 11) is 6.09. The van der Waals surface area contributed by atoms with Crippen LogP contribution in [-0.4, -0.2) is 76.6 Å². The first-order valence-corrected chi connectivity index (χ1v) is 17.2. The first-order valence-electron chi connectivity index (χ1n) is 17.2. The van der Waals surface area contributed by atoms with Gasteiger partial charge in [0.2, 0.25) is 0 Å². The third-order valence-electron chi connectivity index (χ3n) is 9.14. The molecular weight excluding hydrogens is 696 g/mol. The Kier molecular flexibility index (Phi) is 11.6. The number of esters is 2. The number of carbonyl (C=O) groups excluding carboxylic acids is 2. The standard InChI is InChI=1S/C40H44N4O10/c1-47-33-21-27-17-19-43(41)25-39(31(27)23-35(33)49-3,51-29-11-7-5-8-12-29)53-37(45)15-16-38(46)54-40(52-30-13-9-6-10-14-30)26-44(42)20-18-28-22-34(48-2)36(50-4)24-32(28)40/h5-16,21-24H,17-20,25-26,41-42H2,1-4H3/b16-15-. The molecule has 2 aliphatic rings. The average molecular weight is 741 g/mol. The molecule has 2 heterocycles.